The molecule has 3 aromatic rings. The Labute approximate surface area is 125 Å². The van der Waals surface area contributed by atoms with E-state index in [1.807, 2.05) is 23.8 Å². The van der Waals surface area contributed by atoms with E-state index < -0.39 is 0 Å². The minimum absolute atomic E-state index is 0.690. The van der Waals surface area contributed by atoms with Crippen LogP contribution in [-0.4, -0.2) is 31.0 Å². The summed E-state index contributed by atoms with van der Waals surface area (Å²) in [5, 5.41) is 2.97. The molecule has 1 aliphatic heterocycles. The van der Waals surface area contributed by atoms with Gasteiger partial charge in [0, 0.05) is 25.5 Å². The first-order valence-electron chi connectivity index (χ1n) is 6.76. The molecule has 0 unspecified atom stereocenters. The summed E-state index contributed by atoms with van der Waals surface area (Å²) in [6.07, 6.45) is 3.88. The fourth-order valence-electron chi connectivity index (χ4n) is 2.64. The van der Waals surface area contributed by atoms with Crippen molar-refractivity contribution in [3.63, 3.8) is 0 Å². The van der Waals surface area contributed by atoms with E-state index in [1.165, 1.54) is 0 Å². The average Bonchev–Trinajstić information content (AvgIpc) is 3.14. The third-order valence-corrected chi connectivity index (χ3v) is 4.50. The number of anilines is 1. The zero-order chi connectivity index (χ0) is 14.2. The molecule has 0 aliphatic carbocycles. The summed E-state index contributed by atoms with van der Waals surface area (Å²) in [5.41, 5.74) is 2.67. The molecule has 0 fully saturated rings. The highest BCUT2D eigenvalue weighted by atomic mass is 32.1. The second-order valence-electron chi connectivity index (χ2n) is 5.02. The van der Waals surface area contributed by atoms with Crippen molar-refractivity contribution in [2.45, 2.75) is 19.6 Å². The van der Waals surface area contributed by atoms with E-state index in [2.05, 4.69) is 29.8 Å². The van der Waals surface area contributed by atoms with Crippen molar-refractivity contribution in [3.8, 4) is 0 Å². The average molecular weight is 301 g/mol. The highest BCUT2D eigenvalue weighted by Crippen LogP contribution is 2.25. The molecule has 8 heteroatoms. The summed E-state index contributed by atoms with van der Waals surface area (Å²) < 4.78 is 2.19. The van der Waals surface area contributed by atoms with Crippen LogP contribution in [-0.2, 0) is 19.6 Å². The van der Waals surface area contributed by atoms with Crippen LogP contribution >= 0.6 is 11.3 Å². The Balaban J connectivity index is 1.60. The van der Waals surface area contributed by atoms with Crippen LogP contribution in [0.2, 0.25) is 0 Å². The number of rotatable bonds is 3. The molecule has 108 valence electrons. The summed E-state index contributed by atoms with van der Waals surface area (Å²) in [7, 11) is 0. The van der Waals surface area contributed by atoms with Gasteiger partial charge in [0.25, 0.3) is 0 Å². The van der Waals surface area contributed by atoms with Crippen molar-refractivity contribution < 1.29 is 0 Å². The summed E-state index contributed by atoms with van der Waals surface area (Å²) in [5.74, 6) is 8.14. The molecule has 21 heavy (non-hydrogen) atoms. The maximum absolute atomic E-state index is 5.56. The predicted octanol–water partition coefficient (Wildman–Crippen LogP) is 1.19. The highest BCUT2D eigenvalue weighted by molar-refractivity contribution is 7.16. The smallest absolute Gasteiger partial charge is 0.152 e. The van der Waals surface area contributed by atoms with Gasteiger partial charge in [-0.25, -0.2) is 20.8 Å². The highest BCUT2D eigenvalue weighted by Gasteiger charge is 2.18. The Kier molecular flexibility index (Phi) is 3.06. The van der Waals surface area contributed by atoms with Gasteiger partial charge in [0.05, 0.1) is 18.5 Å². The van der Waals surface area contributed by atoms with Gasteiger partial charge >= 0.3 is 0 Å². The monoisotopic (exact) mass is 301 g/mol. The van der Waals surface area contributed by atoms with Crippen LogP contribution in [0, 0.1) is 0 Å². The SMILES string of the molecule is NNc1nc(CN2CCn3ccnc3C2)nc2sccc12. The number of imidazole rings is 1. The van der Waals surface area contributed by atoms with E-state index in [-0.39, 0.29) is 0 Å². The quantitative estimate of drug-likeness (QED) is 0.558. The fraction of sp³-hybridized carbons (Fsp3) is 0.308. The van der Waals surface area contributed by atoms with Crippen molar-refractivity contribution in [1.82, 2.24) is 24.4 Å². The maximum atomic E-state index is 5.56. The molecular weight excluding hydrogens is 286 g/mol. The van der Waals surface area contributed by atoms with Gasteiger partial charge < -0.3 is 9.99 Å². The van der Waals surface area contributed by atoms with E-state index in [0.717, 1.165) is 41.5 Å². The topological polar surface area (TPSA) is 84.9 Å². The zero-order valence-corrected chi connectivity index (χ0v) is 12.2. The molecule has 7 nitrogen and oxygen atoms in total. The molecule has 3 N–H and O–H groups in total. The van der Waals surface area contributed by atoms with Gasteiger partial charge in [0.1, 0.15) is 16.5 Å². The molecule has 0 saturated heterocycles. The number of hydrazine groups is 1. The van der Waals surface area contributed by atoms with Crippen molar-refractivity contribution in [1.29, 1.82) is 0 Å². The summed E-state index contributed by atoms with van der Waals surface area (Å²) in [6, 6.07) is 1.98. The molecule has 1 aliphatic rings. The molecule has 0 bridgehead atoms. The minimum atomic E-state index is 0.690. The predicted molar refractivity (Wildman–Crippen MR) is 81.6 cm³/mol. The Morgan fingerprint density at radius 2 is 2.29 bits per heavy atom. The van der Waals surface area contributed by atoms with Crippen LogP contribution in [0.3, 0.4) is 0 Å². The van der Waals surface area contributed by atoms with Gasteiger partial charge in [0.15, 0.2) is 5.82 Å². The second kappa shape index (κ2) is 5.06. The molecular formula is C13H15N7S. The van der Waals surface area contributed by atoms with Crippen LogP contribution in [0.5, 0.6) is 0 Å². The lowest BCUT2D eigenvalue weighted by molar-refractivity contribution is 0.204. The van der Waals surface area contributed by atoms with E-state index in [9.17, 15) is 0 Å². The number of aromatic nitrogens is 4. The number of hydrogen-bond acceptors (Lipinski definition) is 7. The van der Waals surface area contributed by atoms with Crippen molar-refractivity contribution in [3.05, 3.63) is 35.5 Å². The third-order valence-electron chi connectivity index (χ3n) is 3.70. The standard InChI is InChI=1S/C13H15N7S/c14-18-12-9-1-6-21-13(9)17-10(16-12)7-19-4-5-20-3-2-15-11(20)8-19/h1-3,6H,4-5,7-8,14H2,(H,16,17,18). The molecule has 4 heterocycles. The van der Waals surface area contributed by atoms with E-state index in [1.54, 1.807) is 11.3 Å². The van der Waals surface area contributed by atoms with Gasteiger partial charge in [-0.3, -0.25) is 4.90 Å². The van der Waals surface area contributed by atoms with Crippen LogP contribution < -0.4 is 11.3 Å². The Morgan fingerprint density at radius 1 is 1.33 bits per heavy atom. The number of nitrogens with zero attached hydrogens (tertiary/aromatic N) is 5. The Morgan fingerprint density at radius 3 is 3.19 bits per heavy atom. The van der Waals surface area contributed by atoms with Crippen molar-refractivity contribution in [2.75, 3.05) is 12.0 Å². The van der Waals surface area contributed by atoms with Crippen molar-refractivity contribution in [2.24, 2.45) is 5.84 Å². The van der Waals surface area contributed by atoms with E-state index in [4.69, 9.17) is 5.84 Å². The molecule has 0 radical (unpaired) electrons. The second-order valence-corrected chi connectivity index (χ2v) is 5.91. The van der Waals surface area contributed by atoms with Gasteiger partial charge in [-0.15, -0.1) is 11.3 Å². The lowest BCUT2D eigenvalue weighted by Gasteiger charge is -2.26. The van der Waals surface area contributed by atoms with Gasteiger partial charge in [-0.1, -0.05) is 0 Å². The number of nitrogens with one attached hydrogen (secondary N) is 1. The lowest BCUT2D eigenvalue weighted by Crippen LogP contribution is -2.33. The zero-order valence-electron chi connectivity index (χ0n) is 11.4. The number of fused-ring (bicyclic) bond motifs is 2. The first-order chi connectivity index (χ1) is 10.3. The molecule has 4 rings (SSSR count). The molecule has 0 aromatic carbocycles. The molecule has 0 amide bonds. The summed E-state index contributed by atoms with van der Waals surface area (Å²) in [4.78, 5) is 16.8. The fourth-order valence-corrected chi connectivity index (χ4v) is 3.42. The molecule has 0 atom stereocenters. The summed E-state index contributed by atoms with van der Waals surface area (Å²) >= 11 is 1.60. The molecule has 3 aromatic heterocycles. The third kappa shape index (κ3) is 2.27. The minimum Gasteiger partial charge on any atom is -0.333 e. The number of hydrogen-bond donors (Lipinski definition) is 2. The van der Waals surface area contributed by atoms with E-state index >= 15 is 0 Å². The normalized spacial score (nSPS) is 15.3. The maximum Gasteiger partial charge on any atom is 0.152 e. The largest absolute Gasteiger partial charge is 0.333 e. The Hall–Kier alpha value is -2.03. The molecule has 0 saturated carbocycles. The van der Waals surface area contributed by atoms with Crippen LogP contribution in [0.15, 0.2) is 23.8 Å². The van der Waals surface area contributed by atoms with Crippen LogP contribution in [0.25, 0.3) is 10.2 Å². The number of nitrogen functional groups attached to an aromatic ring is 1. The Bertz CT molecular complexity index is 778. The van der Waals surface area contributed by atoms with Gasteiger partial charge in [-0.05, 0) is 11.4 Å². The van der Waals surface area contributed by atoms with Crippen LogP contribution in [0.1, 0.15) is 11.6 Å². The number of nitrogens with two attached hydrogens (primary N) is 1. The summed E-state index contributed by atoms with van der Waals surface area (Å²) in [6.45, 7) is 3.46. The molecule has 0 spiro atoms. The first kappa shape index (κ1) is 12.7. The van der Waals surface area contributed by atoms with E-state index in [0.29, 0.717) is 12.4 Å². The number of thiophene rings is 1. The first-order valence-corrected chi connectivity index (χ1v) is 7.64. The van der Waals surface area contributed by atoms with Crippen molar-refractivity contribution >= 4 is 27.4 Å². The van der Waals surface area contributed by atoms with Gasteiger partial charge in [0.2, 0.25) is 0 Å². The van der Waals surface area contributed by atoms with Crippen LogP contribution in [0.4, 0.5) is 5.82 Å². The van der Waals surface area contributed by atoms with Gasteiger partial charge in [-0.2, -0.15) is 0 Å². The lowest BCUT2D eigenvalue weighted by atomic mass is 10.3.